The summed E-state index contributed by atoms with van der Waals surface area (Å²) in [6.45, 7) is 2.70. The van der Waals surface area contributed by atoms with Crippen molar-refractivity contribution in [1.82, 2.24) is 5.32 Å². The maximum atomic E-state index is 12.0. The van der Waals surface area contributed by atoms with Crippen LogP contribution in [-0.4, -0.2) is 12.5 Å². The molecule has 0 bridgehead atoms. The van der Waals surface area contributed by atoms with Gasteiger partial charge in [-0.1, -0.05) is 25.0 Å². The van der Waals surface area contributed by atoms with Gasteiger partial charge in [-0.3, -0.25) is 4.79 Å². The Bertz CT molecular complexity index is 409. The molecule has 1 saturated carbocycles. The first-order valence-corrected chi connectivity index (χ1v) is 6.32. The highest BCUT2D eigenvalue weighted by Gasteiger charge is 2.17. The Hall–Kier alpha value is -1.51. The van der Waals surface area contributed by atoms with E-state index in [1.165, 1.54) is 25.7 Å². The second-order valence-electron chi connectivity index (χ2n) is 4.90. The summed E-state index contributed by atoms with van der Waals surface area (Å²) < 4.78 is 0. The van der Waals surface area contributed by atoms with Crippen molar-refractivity contribution in [1.29, 1.82) is 0 Å². The van der Waals surface area contributed by atoms with Crippen LogP contribution in [0.3, 0.4) is 0 Å². The second kappa shape index (κ2) is 5.21. The second-order valence-corrected chi connectivity index (χ2v) is 4.90. The molecule has 1 aliphatic rings. The summed E-state index contributed by atoms with van der Waals surface area (Å²) in [7, 11) is 0. The predicted octanol–water partition coefficient (Wildman–Crippen LogP) is 2.50. The van der Waals surface area contributed by atoms with Gasteiger partial charge in [-0.25, -0.2) is 0 Å². The molecule has 0 aromatic heterocycles. The number of aryl methyl sites for hydroxylation is 1. The quantitative estimate of drug-likeness (QED) is 0.787. The van der Waals surface area contributed by atoms with Gasteiger partial charge >= 0.3 is 0 Å². The molecule has 0 aliphatic heterocycles. The van der Waals surface area contributed by atoms with E-state index in [0.29, 0.717) is 17.2 Å². The zero-order valence-corrected chi connectivity index (χ0v) is 10.3. The molecule has 0 saturated heterocycles. The van der Waals surface area contributed by atoms with E-state index in [1.54, 1.807) is 6.07 Å². The van der Waals surface area contributed by atoms with Gasteiger partial charge in [-0.2, -0.15) is 0 Å². The third-order valence-electron chi connectivity index (χ3n) is 3.59. The first-order chi connectivity index (χ1) is 8.18. The van der Waals surface area contributed by atoms with E-state index >= 15 is 0 Å². The molecule has 17 heavy (non-hydrogen) atoms. The van der Waals surface area contributed by atoms with E-state index < -0.39 is 0 Å². The third kappa shape index (κ3) is 2.78. The standard InChI is InChI=1S/C14H20N2O/c1-10-5-4-8-12(13(10)15)14(17)16-9-11-6-2-3-7-11/h4-5,8,11H,2-3,6-7,9,15H2,1H3,(H,16,17). The summed E-state index contributed by atoms with van der Waals surface area (Å²) in [6, 6.07) is 5.57. The molecule has 1 amide bonds. The largest absolute Gasteiger partial charge is 0.398 e. The van der Waals surface area contributed by atoms with Crippen molar-refractivity contribution >= 4 is 11.6 Å². The number of nitrogen functional groups attached to an aromatic ring is 1. The van der Waals surface area contributed by atoms with E-state index in [1.807, 2.05) is 19.1 Å². The number of hydrogen-bond acceptors (Lipinski definition) is 2. The van der Waals surface area contributed by atoms with Crippen molar-refractivity contribution in [2.75, 3.05) is 12.3 Å². The number of para-hydroxylation sites is 1. The lowest BCUT2D eigenvalue weighted by atomic mass is 10.1. The van der Waals surface area contributed by atoms with E-state index in [2.05, 4.69) is 5.32 Å². The van der Waals surface area contributed by atoms with Gasteiger partial charge in [0.25, 0.3) is 5.91 Å². The SMILES string of the molecule is Cc1cccc(C(=O)NCC2CCCC2)c1N. The van der Waals surface area contributed by atoms with Crippen molar-refractivity contribution < 1.29 is 4.79 Å². The lowest BCUT2D eigenvalue weighted by Gasteiger charge is -2.12. The van der Waals surface area contributed by atoms with Crippen LogP contribution in [0.15, 0.2) is 18.2 Å². The monoisotopic (exact) mass is 232 g/mol. The average Bonchev–Trinajstić information content (AvgIpc) is 2.82. The third-order valence-corrected chi connectivity index (χ3v) is 3.59. The summed E-state index contributed by atoms with van der Waals surface area (Å²) in [5.41, 5.74) is 8.06. The Morgan fingerprint density at radius 3 is 2.82 bits per heavy atom. The van der Waals surface area contributed by atoms with Gasteiger partial charge in [-0.15, -0.1) is 0 Å². The van der Waals surface area contributed by atoms with Crippen molar-refractivity contribution in [2.45, 2.75) is 32.6 Å². The molecule has 1 aromatic carbocycles. The molecule has 1 fully saturated rings. The number of anilines is 1. The van der Waals surface area contributed by atoms with Crippen molar-refractivity contribution in [3.05, 3.63) is 29.3 Å². The highest BCUT2D eigenvalue weighted by atomic mass is 16.1. The Balaban J connectivity index is 1.97. The Labute approximate surface area is 102 Å². The molecule has 0 spiro atoms. The fourth-order valence-corrected chi connectivity index (χ4v) is 2.43. The summed E-state index contributed by atoms with van der Waals surface area (Å²) >= 11 is 0. The first-order valence-electron chi connectivity index (χ1n) is 6.32. The van der Waals surface area contributed by atoms with Crippen LogP contribution in [0.5, 0.6) is 0 Å². The molecular formula is C14H20N2O. The number of hydrogen-bond donors (Lipinski definition) is 2. The molecule has 1 aliphatic carbocycles. The number of rotatable bonds is 3. The lowest BCUT2D eigenvalue weighted by Crippen LogP contribution is -2.29. The van der Waals surface area contributed by atoms with Gasteiger partial charge < -0.3 is 11.1 Å². The average molecular weight is 232 g/mol. The zero-order valence-electron chi connectivity index (χ0n) is 10.3. The normalized spacial score (nSPS) is 16.1. The Morgan fingerprint density at radius 1 is 1.41 bits per heavy atom. The van der Waals surface area contributed by atoms with Crippen LogP contribution in [-0.2, 0) is 0 Å². The van der Waals surface area contributed by atoms with Gasteiger partial charge in [0, 0.05) is 12.2 Å². The number of amides is 1. The number of carbonyl (C=O) groups is 1. The molecule has 0 atom stereocenters. The van der Waals surface area contributed by atoms with Crippen molar-refractivity contribution in [3.8, 4) is 0 Å². The first kappa shape index (κ1) is 12.0. The Kier molecular flexibility index (Phi) is 3.67. The van der Waals surface area contributed by atoms with Crippen LogP contribution in [0.4, 0.5) is 5.69 Å². The molecule has 0 radical (unpaired) electrons. The predicted molar refractivity (Wildman–Crippen MR) is 69.9 cm³/mol. The number of nitrogens with one attached hydrogen (secondary N) is 1. The Morgan fingerprint density at radius 2 is 2.12 bits per heavy atom. The van der Waals surface area contributed by atoms with Gasteiger partial charge in [0.1, 0.15) is 0 Å². The van der Waals surface area contributed by atoms with Crippen LogP contribution in [0.25, 0.3) is 0 Å². The fraction of sp³-hybridized carbons (Fsp3) is 0.500. The van der Waals surface area contributed by atoms with Crippen molar-refractivity contribution in [3.63, 3.8) is 0 Å². The highest BCUT2D eigenvalue weighted by molar-refractivity contribution is 5.99. The van der Waals surface area contributed by atoms with Crippen LogP contribution >= 0.6 is 0 Å². The number of carbonyl (C=O) groups excluding carboxylic acids is 1. The topological polar surface area (TPSA) is 55.1 Å². The van der Waals surface area contributed by atoms with Gasteiger partial charge in [0.2, 0.25) is 0 Å². The molecule has 92 valence electrons. The van der Waals surface area contributed by atoms with Crippen molar-refractivity contribution in [2.24, 2.45) is 5.92 Å². The highest BCUT2D eigenvalue weighted by Crippen LogP contribution is 2.24. The minimum Gasteiger partial charge on any atom is -0.398 e. The molecule has 0 unspecified atom stereocenters. The van der Waals surface area contributed by atoms with Crippen LogP contribution in [0, 0.1) is 12.8 Å². The van der Waals surface area contributed by atoms with E-state index in [0.717, 1.165) is 12.1 Å². The van der Waals surface area contributed by atoms with E-state index in [9.17, 15) is 4.79 Å². The van der Waals surface area contributed by atoms with Crippen LogP contribution in [0.1, 0.15) is 41.6 Å². The van der Waals surface area contributed by atoms with Crippen LogP contribution in [0.2, 0.25) is 0 Å². The summed E-state index contributed by atoms with van der Waals surface area (Å²) in [6.07, 6.45) is 5.08. The van der Waals surface area contributed by atoms with Crippen LogP contribution < -0.4 is 11.1 Å². The number of benzene rings is 1. The van der Waals surface area contributed by atoms with E-state index in [4.69, 9.17) is 5.73 Å². The summed E-state index contributed by atoms with van der Waals surface area (Å²) in [5, 5.41) is 2.99. The van der Waals surface area contributed by atoms with Gasteiger partial charge in [-0.05, 0) is 37.3 Å². The molecule has 0 heterocycles. The molecule has 2 rings (SSSR count). The lowest BCUT2D eigenvalue weighted by molar-refractivity contribution is 0.0948. The summed E-state index contributed by atoms with van der Waals surface area (Å²) in [4.78, 5) is 12.0. The summed E-state index contributed by atoms with van der Waals surface area (Å²) in [5.74, 6) is 0.614. The minimum absolute atomic E-state index is 0.0434. The maximum Gasteiger partial charge on any atom is 0.253 e. The van der Waals surface area contributed by atoms with Gasteiger partial charge in [0.15, 0.2) is 0 Å². The maximum absolute atomic E-state index is 12.0. The number of nitrogens with two attached hydrogens (primary N) is 1. The molecule has 1 aromatic rings. The zero-order chi connectivity index (χ0) is 12.3. The van der Waals surface area contributed by atoms with Gasteiger partial charge in [0.05, 0.1) is 5.56 Å². The molecule has 3 nitrogen and oxygen atoms in total. The molecule has 3 N–H and O–H groups in total. The fourth-order valence-electron chi connectivity index (χ4n) is 2.43. The molecular weight excluding hydrogens is 212 g/mol. The minimum atomic E-state index is -0.0434. The smallest absolute Gasteiger partial charge is 0.253 e. The molecule has 3 heteroatoms. The van der Waals surface area contributed by atoms with E-state index in [-0.39, 0.29) is 5.91 Å².